The Morgan fingerprint density at radius 3 is 1.21 bits per heavy atom. The maximum absolute atomic E-state index is 13.1. The van der Waals surface area contributed by atoms with Crippen LogP contribution in [-0.4, -0.2) is 72.9 Å². The van der Waals surface area contributed by atoms with E-state index < -0.39 is 11.6 Å². The third-order valence-electron chi connectivity index (χ3n) is 8.92. The normalized spacial score (nSPS) is 14.5. The maximum Gasteiger partial charge on any atom is 0.224 e. The number of hydrogen-bond donors (Lipinski definition) is 2. The lowest BCUT2D eigenvalue weighted by Gasteiger charge is -2.37. The third kappa shape index (κ3) is 8.70. The minimum atomic E-state index is -0.434. The van der Waals surface area contributed by atoms with E-state index in [-0.39, 0.29) is 21.5 Å². The topological polar surface area (TPSA) is 58.2 Å². The van der Waals surface area contributed by atoms with Crippen molar-refractivity contribution >= 4 is 34.8 Å². The average molecular weight is 616 g/mol. The van der Waals surface area contributed by atoms with Crippen LogP contribution >= 0.6 is 23.2 Å². The molecule has 0 unspecified atom stereocenters. The molecule has 0 atom stereocenters. The fraction of sp³-hybridized carbons (Fsp3) is 0.471. The smallest absolute Gasteiger partial charge is 0.224 e. The molecular weight excluding hydrogens is 567 g/mol. The molecule has 3 rings (SSSR count). The summed E-state index contributed by atoms with van der Waals surface area (Å²) in [6, 6.07) is 21.1. The predicted molar refractivity (Wildman–Crippen MR) is 174 cm³/mol. The Kier molecular flexibility index (Phi) is 13.1. The molecule has 8 heteroatoms. The number of carbonyl (C=O) groups excluding carboxylic acids is 2. The van der Waals surface area contributed by atoms with E-state index in [0.717, 1.165) is 74.2 Å². The molecule has 0 saturated carbocycles. The fourth-order valence-corrected chi connectivity index (χ4v) is 6.34. The highest BCUT2D eigenvalue weighted by Gasteiger charge is 2.34. The fourth-order valence-electron chi connectivity index (χ4n) is 5.84. The van der Waals surface area contributed by atoms with Gasteiger partial charge in [0.1, 0.15) is 34.5 Å². The SMILES string of the molecule is CC[N+](CC)(CCCNC1=C(Cl)C(=O)C(NCCC[N+](CC)(CC)Cc2ccccc2)=C(Cl)C1=O)Cc1ccccc1. The van der Waals surface area contributed by atoms with Gasteiger partial charge in [-0.15, -0.1) is 0 Å². The minimum Gasteiger partial charge on any atom is -0.380 e. The zero-order valence-electron chi connectivity index (χ0n) is 25.7. The van der Waals surface area contributed by atoms with E-state index in [9.17, 15) is 9.59 Å². The van der Waals surface area contributed by atoms with Crippen LogP contribution in [0.15, 0.2) is 82.1 Å². The van der Waals surface area contributed by atoms with Gasteiger partial charge < -0.3 is 19.6 Å². The van der Waals surface area contributed by atoms with Gasteiger partial charge >= 0.3 is 0 Å². The first-order valence-electron chi connectivity index (χ1n) is 15.4. The summed E-state index contributed by atoms with van der Waals surface area (Å²) < 4.78 is 1.89. The Morgan fingerprint density at radius 2 is 0.905 bits per heavy atom. The molecule has 0 aliphatic heterocycles. The van der Waals surface area contributed by atoms with Crippen molar-refractivity contribution in [3.8, 4) is 0 Å². The first-order valence-corrected chi connectivity index (χ1v) is 16.1. The number of allylic oxidation sites excluding steroid dienone is 2. The molecule has 2 N–H and O–H groups in total. The molecule has 0 aromatic heterocycles. The van der Waals surface area contributed by atoms with Crippen molar-refractivity contribution in [3.05, 3.63) is 93.2 Å². The lowest BCUT2D eigenvalue weighted by molar-refractivity contribution is -0.937. The Balaban J connectivity index is 1.54. The van der Waals surface area contributed by atoms with Gasteiger partial charge in [0.05, 0.1) is 39.3 Å². The molecule has 2 aromatic carbocycles. The highest BCUT2D eigenvalue weighted by molar-refractivity contribution is 6.55. The number of nitrogens with one attached hydrogen (secondary N) is 2. The number of quaternary nitrogens is 2. The Bertz CT molecular complexity index is 1140. The summed E-state index contributed by atoms with van der Waals surface area (Å²) in [5, 5.41) is 6.07. The van der Waals surface area contributed by atoms with Gasteiger partial charge in [0.25, 0.3) is 0 Å². The monoisotopic (exact) mass is 614 g/mol. The van der Waals surface area contributed by atoms with Crippen molar-refractivity contribution in [1.82, 2.24) is 10.6 Å². The molecule has 42 heavy (non-hydrogen) atoms. The summed E-state index contributed by atoms with van der Waals surface area (Å²) >= 11 is 12.9. The number of ketones is 2. The lowest BCUT2D eigenvalue weighted by atomic mass is 10.0. The van der Waals surface area contributed by atoms with E-state index in [2.05, 4.69) is 86.9 Å². The van der Waals surface area contributed by atoms with Crippen LogP contribution in [0.3, 0.4) is 0 Å². The van der Waals surface area contributed by atoms with Gasteiger partial charge in [0.15, 0.2) is 0 Å². The second-order valence-electron chi connectivity index (χ2n) is 11.3. The van der Waals surface area contributed by atoms with E-state index in [4.69, 9.17) is 23.2 Å². The molecule has 2 aromatic rings. The first-order chi connectivity index (χ1) is 20.2. The summed E-state index contributed by atoms with van der Waals surface area (Å²) in [5.41, 5.74) is 2.83. The number of hydrogen-bond acceptors (Lipinski definition) is 4. The quantitative estimate of drug-likeness (QED) is 0.121. The van der Waals surface area contributed by atoms with Crippen LogP contribution in [0.1, 0.15) is 51.7 Å². The molecule has 0 amide bonds. The van der Waals surface area contributed by atoms with Crippen LogP contribution in [0.5, 0.6) is 0 Å². The second kappa shape index (κ2) is 16.3. The van der Waals surface area contributed by atoms with E-state index in [0.29, 0.717) is 13.1 Å². The molecule has 0 radical (unpaired) electrons. The molecule has 0 saturated heterocycles. The van der Waals surface area contributed by atoms with Gasteiger partial charge in [-0.05, 0) is 27.7 Å². The van der Waals surface area contributed by atoms with Gasteiger partial charge in [-0.25, -0.2) is 0 Å². The van der Waals surface area contributed by atoms with E-state index >= 15 is 0 Å². The van der Waals surface area contributed by atoms with Crippen molar-refractivity contribution in [3.63, 3.8) is 0 Å². The standard InChI is InChI=1S/C34H46Cl2N4O2/c1-5-39(6-2,25-27-17-11-9-12-18-27)23-15-21-37-31-29(35)34(42)32(30(36)33(31)41)38-22-16-24-40(7-3,8-4)26-28-19-13-10-14-20-28/h9-14,17-20H,5-8,15-16,21-26H2,1-4H3/p+2. The Labute approximate surface area is 262 Å². The largest absolute Gasteiger partial charge is 0.380 e. The number of carbonyl (C=O) groups is 2. The van der Waals surface area contributed by atoms with Gasteiger partial charge in [-0.2, -0.15) is 0 Å². The Morgan fingerprint density at radius 1 is 0.571 bits per heavy atom. The number of nitrogens with zero attached hydrogens (tertiary/aromatic N) is 2. The van der Waals surface area contributed by atoms with Crippen molar-refractivity contribution in [2.45, 2.75) is 53.6 Å². The molecule has 0 spiro atoms. The average Bonchev–Trinajstić information content (AvgIpc) is 3.03. The van der Waals surface area contributed by atoms with E-state index in [1.165, 1.54) is 11.1 Å². The molecule has 0 bridgehead atoms. The lowest BCUT2D eigenvalue weighted by Crippen LogP contribution is -2.48. The summed E-state index contributed by atoms with van der Waals surface area (Å²) in [5.74, 6) is -0.868. The maximum atomic E-state index is 13.1. The van der Waals surface area contributed by atoms with Crippen molar-refractivity contribution < 1.29 is 18.6 Å². The molecule has 1 aliphatic carbocycles. The molecule has 0 heterocycles. The van der Waals surface area contributed by atoms with Crippen LogP contribution in [-0.2, 0) is 22.7 Å². The minimum absolute atomic E-state index is 0.0979. The van der Waals surface area contributed by atoms with E-state index in [1.807, 2.05) is 12.1 Å². The van der Waals surface area contributed by atoms with Gasteiger partial charge in [0, 0.05) is 37.1 Å². The summed E-state index contributed by atoms with van der Waals surface area (Å²) in [7, 11) is 0. The summed E-state index contributed by atoms with van der Waals surface area (Å²) in [6.45, 7) is 17.8. The molecule has 1 aliphatic rings. The van der Waals surface area contributed by atoms with Crippen molar-refractivity contribution in [2.24, 2.45) is 0 Å². The van der Waals surface area contributed by atoms with Crippen molar-refractivity contribution in [2.75, 3.05) is 52.4 Å². The summed E-state index contributed by atoms with van der Waals surface area (Å²) in [4.78, 5) is 26.3. The third-order valence-corrected chi connectivity index (χ3v) is 9.64. The van der Waals surface area contributed by atoms with E-state index in [1.54, 1.807) is 0 Å². The van der Waals surface area contributed by atoms with Crippen LogP contribution in [0.2, 0.25) is 0 Å². The number of halogens is 2. The highest BCUT2D eigenvalue weighted by atomic mass is 35.5. The van der Waals surface area contributed by atoms with Crippen molar-refractivity contribution in [1.29, 1.82) is 0 Å². The molecular formula is C34H48Cl2N4O2+2. The van der Waals surface area contributed by atoms with Gasteiger partial charge in [-0.3, -0.25) is 9.59 Å². The second-order valence-corrected chi connectivity index (χ2v) is 12.0. The first kappa shape index (κ1) is 33.9. The van der Waals surface area contributed by atoms with Gasteiger partial charge in [-0.1, -0.05) is 83.9 Å². The zero-order valence-corrected chi connectivity index (χ0v) is 27.2. The van der Waals surface area contributed by atoms with Crippen LogP contribution < -0.4 is 10.6 Å². The van der Waals surface area contributed by atoms with Crippen LogP contribution in [0, 0.1) is 0 Å². The number of rotatable bonds is 18. The van der Waals surface area contributed by atoms with Gasteiger partial charge in [0.2, 0.25) is 11.6 Å². The van der Waals surface area contributed by atoms with Crippen LogP contribution in [0.4, 0.5) is 0 Å². The summed E-state index contributed by atoms with van der Waals surface area (Å²) in [6.07, 6.45) is 1.65. The number of benzene rings is 2. The van der Waals surface area contributed by atoms with Crippen LogP contribution in [0.25, 0.3) is 0 Å². The molecule has 228 valence electrons. The number of Topliss-reactive ketones (excluding diaryl/α,β-unsaturated/α-hetero) is 2. The molecule has 6 nitrogen and oxygen atoms in total. The molecule has 0 fully saturated rings. The Hall–Kier alpha value is -2.64. The predicted octanol–water partition coefficient (Wildman–Crippen LogP) is 6.11. The highest BCUT2D eigenvalue weighted by Crippen LogP contribution is 2.27. The zero-order chi connectivity index (χ0) is 30.6.